The Kier molecular flexibility index (Phi) is 5.31. The number of carbonyl (C=O) groups is 2. The molecule has 6 heteroatoms. The molecule has 2 amide bonds. The number of hydrogen-bond donors (Lipinski definition) is 3. The van der Waals surface area contributed by atoms with E-state index in [9.17, 15) is 9.59 Å². The molecule has 26 heavy (non-hydrogen) atoms. The summed E-state index contributed by atoms with van der Waals surface area (Å²) in [7, 11) is 0. The number of guanidine groups is 1. The van der Waals surface area contributed by atoms with E-state index in [1.807, 2.05) is 62.4 Å². The van der Waals surface area contributed by atoms with Gasteiger partial charge in [-0.1, -0.05) is 36.4 Å². The maximum atomic E-state index is 12.3. The summed E-state index contributed by atoms with van der Waals surface area (Å²) in [5.41, 5.74) is 3.94. The van der Waals surface area contributed by atoms with E-state index >= 15 is 0 Å². The fourth-order valence-corrected chi connectivity index (χ4v) is 2.90. The fraction of sp³-hybridized carbons (Fsp3) is 0.250. The standard InChI is InChI=1S/C20H22N4O2/c1-13-8-14(2)10-16(9-13)22-18(25)11-17-19(26)24-20(23-17)21-12-15-6-4-3-5-7-15/h3-10,17H,11-12H2,1-2H3,(H,22,25)(H2,21,23,24,26)/t17-/m1/s1. The van der Waals surface area contributed by atoms with Gasteiger partial charge in [0.05, 0.1) is 13.0 Å². The van der Waals surface area contributed by atoms with Gasteiger partial charge < -0.3 is 10.6 Å². The Hall–Kier alpha value is -3.15. The van der Waals surface area contributed by atoms with Gasteiger partial charge in [0.25, 0.3) is 0 Å². The fourth-order valence-electron chi connectivity index (χ4n) is 2.90. The van der Waals surface area contributed by atoms with Crippen molar-refractivity contribution in [3.63, 3.8) is 0 Å². The normalized spacial score (nSPS) is 17.7. The zero-order valence-electron chi connectivity index (χ0n) is 14.9. The number of carbonyl (C=O) groups excluding carboxylic acids is 2. The molecule has 0 radical (unpaired) electrons. The monoisotopic (exact) mass is 350 g/mol. The second-order valence-corrected chi connectivity index (χ2v) is 6.47. The van der Waals surface area contributed by atoms with Crippen molar-refractivity contribution >= 4 is 23.5 Å². The summed E-state index contributed by atoms with van der Waals surface area (Å²) in [4.78, 5) is 28.7. The second kappa shape index (κ2) is 7.82. The third-order valence-corrected chi connectivity index (χ3v) is 4.03. The van der Waals surface area contributed by atoms with Crippen molar-refractivity contribution in [2.75, 3.05) is 5.32 Å². The van der Waals surface area contributed by atoms with Gasteiger partial charge in [0.15, 0.2) is 5.96 Å². The Labute approximate surface area is 152 Å². The van der Waals surface area contributed by atoms with Gasteiger partial charge in [0.1, 0.15) is 6.04 Å². The van der Waals surface area contributed by atoms with E-state index in [0.717, 1.165) is 22.4 Å². The molecule has 0 bridgehead atoms. The highest BCUT2D eigenvalue weighted by Crippen LogP contribution is 2.14. The molecule has 1 atom stereocenters. The molecule has 1 fully saturated rings. The highest BCUT2D eigenvalue weighted by atomic mass is 16.2. The van der Waals surface area contributed by atoms with Crippen LogP contribution in [0.25, 0.3) is 0 Å². The average molecular weight is 350 g/mol. The van der Waals surface area contributed by atoms with Crippen LogP contribution in [0.2, 0.25) is 0 Å². The van der Waals surface area contributed by atoms with Crippen LogP contribution in [0.4, 0.5) is 5.69 Å². The SMILES string of the molecule is Cc1cc(C)cc(NC(=O)C[C@H]2NC(=NCc3ccccc3)NC2=O)c1. The lowest BCUT2D eigenvalue weighted by Crippen LogP contribution is -2.33. The highest BCUT2D eigenvalue weighted by molar-refractivity contribution is 6.08. The molecule has 2 aromatic rings. The van der Waals surface area contributed by atoms with Crippen LogP contribution >= 0.6 is 0 Å². The van der Waals surface area contributed by atoms with Gasteiger partial charge in [-0.15, -0.1) is 0 Å². The molecule has 6 nitrogen and oxygen atoms in total. The van der Waals surface area contributed by atoms with Crippen LogP contribution in [0.5, 0.6) is 0 Å². The maximum absolute atomic E-state index is 12.3. The summed E-state index contributed by atoms with van der Waals surface area (Å²) < 4.78 is 0. The predicted octanol–water partition coefficient (Wildman–Crippen LogP) is 2.28. The predicted molar refractivity (Wildman–Crippen MR) is 102 cm³/mol. The van der Waals surface area contributed by atoms with Crippen LogP contribution < -0.4 is 16.0 Å². The summed E-state index contributed by atoms with van der Waals surface area (Å²) >= 11 is 0. The second-order valence-electron chi connectivity index (χ2n) is 6.47. The lowest BCUT2D eigenvalue weighted by atomic mass is 10.1. The van der Waals surface area contributed by atoms with Gasteiger partial charge in [-0.3, -0.25) is 14.9 Å². The minimum atomic E-state index is -0.615. The number of aliphatic imine (C=N–C) groups is 1. The van der Waals surface area contributed by atoms with Crippen molar-refractivity contribution in [2.45, 2.75) is 32.9 Å². The van der Waals surface area contributed by atoms with E-state index in [0.29, 0.717) is 12.5 Å². The number of anilines is 1. The highest BCUT2D eigenvalue weighted by Gasteiger charge is 2.30. The van der Waals surface area contributed by atoms with E-state index in [1.165, 1.54) is 0 Å². The van der Waals surface area contributed by atoms with Crippen molar-refractivity contribution in [1.29, 1.82) is 0 Å². The van der Waals surface area contributed by atoms with Crippen molar-refractivity contribution in [3.8, 4) is 0 Å². The number of benzene rings is 2. The van der Waals surface area contributed by atoms with Gasteiger partial charge in [0, 0.05) is 5.69 Å². The number of rotatable bonds is 5. The topological polar surface area (TPSA) is 82.6 Å². The molecule has 0 unspecified atom stereocenters. The third-order valence-electron chi connectivity index (χ3n) is 4.03. The number of aryl methyl sites for hydroxylation is 2. The molecular weight excluding hydrogens is 328 g/mol. The quantitative estimate of drug-likeness (QED) is 0.774. The molecular formula is C20H22N4O2. The van der Waals surface area contributed by atoms with Crippen LogP contribution in [-0.4, -0.2) is 23.8 Å². The molecule has 0 aromatic heterocycles. The summed E-state index contributed by atoms with van der Waals surface area (Å²) in [6.45, 7) is 4.42. The molecule has 2 aromatic carbocycles. The molecule has 3 rings (SSSR count). The van der Waals surface area contributed by atoms with Gasteiger partial charge in [-0.25, -0.2) is 4.99 Å². The first kappa shape index (κ1) is 17.7. The van der Waals surface area contributed by atoms with E-state index in [1.54, 1.807) is 0 Å². The smallest absolute Gasteiger partial charge is 0.249 e. The van der Waals surface area contributed by atoms with E-state index in [2.05, 4.69) is 20.9 Å². The molecule has 3 N–H and O–H groups in total. The molecule has 0 saturated carbocycles. The van der Waals surface area contributed by atoms with Gasteiger partial charge >= 0.3 is 0 Å². The van der Waals surface area contributed by atoms with Crippen molar-refractivity contribution in [1.82, 2.24) is 10.6 Å². The molecule has 0 aliphatic carbocycles. The van der Waals surface area contributed by atoms with E-state index in [4.69, 9.17) is 0 Å². The van der Waals surface area contributed by atoms with Crippen molar-refractivity contribution < 1.29 is 9.59 Å². The van der Waals surface area contributed by atoms with Crippen LogP contribution in [0.3, 0.4) is 0 Å². The molecule has 1 aliphatic rings. The zero-order valence-corrected chi connectivity index (χ0v) is 14.9. The zero-order chi connectivity index (χ0) is 18.5. The summed E-state index contributed by atoms with van der Waals surface area (Å²) in [5.74, 6) is -0.0533. The first-order chi connectivity index (χ1) is 12.5. The molecule has 0 spiro atoms. The van der Waals surface area contributed by atoms with E-state index in [-0.39, 0.29) is 18.2 Å². The average Bonchev–Trinajstić information content (AvgIpc) is 2.92. The lowest BCUT2D eigenvalue weighted by molar-refractivity contribution is -0.124. The minimum Gasteiger partial charge on any atom is -0.344 e. The van der Waals surface area contributed by atoms with Crippen LogP contribution in [0.1, 0.15) is 23.1 Å². The molecule has 134 valence electrons. The van der Waals surface area contributed by atoms with Crippen molar-refractivity contribution in [3.05, 3.63) is 65.2 Å². The van der Waals surface area contributed by atoms with E-state index < -0.39 is 6.04 Å². The Balaban J connectivity index is 1.56. The lowest BCUT2D eigenvalue weighted by Gasteiger charge is -2.10. The number of nitrogens with zero attached hydrogens (tertiary/aromatic N) is 1. The summed E-state index contributed by atoms with van der Waals surface area (Å²) in [5, 5.41) is 8.51. The summed E-state index contributed by atoms with van der Waals surface area (Å²) in [6, 6.07) is 15.0. The number of amides is 2. The van der Waals surface area contributed by atoms with Crippen LogP contribution in [0.15, 0.2) is 53.5 Å². The molecule has 1 heterocycles. The minimum absolute atomic E-state index is 0.0448. The van der Waals surface area contributed by atoms with Crippen LogP contribution in [0, 0.1) is 13.8 Å². The Bertz CT molecular complexity index is 826. The maximum Gasteiger partial charge on any atom is 0.249 e. The van der Waals surface area contributed by atoms with Gasteiger partial charge in [-0.2, -0.15) is 0 Å². The van der Waals surface area contributed by atoms with Crippen molar-refractivity contribution in [2.24, 2.45) is 4.99 Å². The van der Waals surface area contributed by atoms with Gasteiger partial charge in [-0.05, 0) is 42.7 Å². The molecule has 1 aliphatic heterocycles. The molecule has 1 saturated heterocycles. The Morgan fingerprint density at radius 2 is 1.81 bits per heavy atom. The van der Waals surface area contributed by atoms with Gasteiger partial charge in [0.2, 0.25) is 11.8 Å². The number of hydrogen-bond acceptors (Lipinski definition) is 3. The Morgan fingerprint density at radius 3 is 2.50 bits per heavy atom. The Morgan fingerprint density at radius 1 is 1.12 bits per heavy atom. The third kappa shape index (κ3) is 4.69. The first-order valence-electron chi connectivity index (χ1n) is 8.53. The number of nitrogens with one attached hydrogen (secondary N) is 3. The summed E-state index contributed by atoms with van der Waals surface area (Å²) in [6.07, 6.45) is 0.0448. The largest absolute Gasteiger partial charge is 0.344 e. The van der Waals surface area contributed by atoms with Crippen LogP contribution in [-0.2, 0) is 16.1 Å². The first-order valence-corrected chi connectivity index (χ1v) is 8.53.